The Bertz CT molecular complexity index is 494. The predicted octanol–water partition coefficient (Wildman–Crippen LogP) is 4.11. The summed E-state index contributed by atoms with van der Waals surface area (Å²) < 4.78 is 0. The van der Waals surface area contributed by atoms with Crippen molar-refractivity contribution in [2.75, 3.05) is 11.9 Å². The highest BCUT2D eigenvalue weighted by Gasteiger charge is 2.10. The van der Waals surface area contributed by atoms with Crippen LogP contribution in [0, 0.1) is 0 Å². The van der Waals surface area contributed by atoms with Crippen LogP contribution in [-0.2, 0) is 0 Å². The number of hydrogen-bond donors (Lipinski definition) is 2. The minimum absolute atomic E-state index is 0.0106. The molecule has 18 heavy (non-hydrogen) atoms. The Kier molecular flexibility index (Phi) is 4.48. The first-order valence-electron chi connectivity index (χ1n) is 5.66. The van der Waals surface area contributed by atoms with Crippen molar-refractivity contribution < 1.29 is 0 Å². The third-order valence-corrected chi connectivity index (χ3v) is 3.07. The number of hydrogen-bond acceptors (Lipinski definition) is 2. The fourth-order valence-electron chi connectivity index (χ4n) is 1.79. The monoisotopic (exact) mass is 280 g/mol. The molecule has 2 rings (SSSR count). The van der Waals surface area contributed by atoms with Gasteiger partial charge in [0.05, 0.1) is 6.04 Å². The van der Waals surface area contributed by atoms with Crippen molar-refractivity contribution in [3.8, 4) is 0 Å². The van der Waals surface area contributed by atoms with Crippen molar-refractivity contribution in [3.63, 3.8) is 0 Å². The van der Waals surface area contributed by atoms with Crippen molar-refractivity contribution in [2.45, 2.75) is 6.04 Å². The first-order valence-corrected chi connectivity index (χ1v) is 6.42. The van der Waals surface area contributed by atoms with Crippen LogP contribution in [0.15, 0.2) is 48.5 Å². The number of anilines is 1. The van der Waals surface area contributed by atoms with E-state index in [9.17, 15) is 0 Å². The van der Waals surface area contributed by atoms with Crippen LogP contribution in [0.3, 0.4) is 0 Å². The number of halogens is 2. The Balaban J connectivity index is 2.23. The van der Waals surface area contributed by atoms with Crippen LogP contribution in [0.2, 0.25) is 10.0 Å². The minimum Gasteiger partial charge on any atom is -0.377 e. The third kappa shape index (κ3) is 3.39. The molecule has 2 aromatic rings. The Hall–Kier alpha value is -1.22. The van der Waals surface area contributed by atoms with E-state index in [0.29, 0.717) is 16.6 Å². The fraction of sp³-hybridized carbons (Fsp3) is 0.143. The Morgan fingerprint density at radius 3 is 2.17 bits per heavy atom. The standard InChI is InChI=1S/C14H14Cl2N2/c15-11-6-10(7-12(16)8-11)14(9-17)18-13-4-2-1-3-5-13/h1-8,14,18H,9,17H2. The molecule has 0 saturated carbocycles. The summed E-state index contributed by atoms with van der Waals surface area (Å²) in [5.74, 6) is 0. The zero-order chi connectivity index (χ0) is 13.0. The summed E-state index contributed by atoms with van der Waals surface area (Å²) >= 11 is 12.0. The van der Waals surface area contributed by atoms with Gasteiger partial charge < -0.3 is 11.1 Å². The van der Waals surface area contributed by atoms with Gasteiger partial charge in [-0.25, -0.2) is 0 Å². The molecule has 1 unspecified atom stereocenters. The summed E-state index contributed by atoms with van der Waals surface area (Å²) in [4.78, 5) is 0. The summed E-state index contributed by atoms with van der Waals surface area (Å²) in [5.41, 5.74) is 7.81. The second-order valence-electron chi connectivity index (χ2n) is 4.00. The molecule has 3 N–H and O–H groups in total. The van der Waals surface area contributed by atoms with Crippen LogP contribution in [0.1, 0.15) is 11.6 Å². The number of benzene rings is 2. The van der Waals surface area contributed by atoms with Crippen molar-refractivity contribution in [1.29, 1.82) is 0 Å². The number of nitrogens with one attached hydrogen (secondary N) is 1. The van der Waals surface area contributed by atoms with E-state index in [2.05, 4.69) is 5.32 Å². The molecule has 0 radical (unpaired) electrons. The minimum atomic E-state index is -0.0106. The van der Waals surface area contributed by atoms with Gasteiger partial charge in [-0.1, -0.05) is 41.4 Å². The second kappa shape index (κ2) is 6.10. The van der Waals surface area contributed by atoms with Gasteiger partial charge in [0.2, 0.25) is 0 Å². The lowest BCUT2D eigenvalue weighted by atomic mass is 10.1. The quantitative estimate of drug-likeness (QED) is 0.885. The zero-order valence-electron chi connectivity index (χ0n) is 9.74. The van der Waals surface area contributed by atoms with Crippen LogP contribution < -0.4 is 11.1 Å². The van der Waals surface area contributed by atoms with Gasteiger partial charge in [-0.2, -0.15) is 0 Å². The molecule has 0 spiro atoms. The fourth-order valence-corrected chi connectivity index (χ4v) is 2.33. The molecule has 0 fully saturated rings. The predicted molar refractivity (Wildman–Crippen MR) is 78.3 cm³/mol. The highest BCUT2D eigenvalue weighted by atomic mass is 35.5. The SMILES string of the molecule is NCC(Nc1ccccc1)c1cc(Cl)cc(Cl)c1. The van der Waals surface area contributed by atoms with Crippen LogP contribution >= 0.6 is 23.2 Å². The van der Waals surface area contributed by atoms with E-state index in [1.54, 1.807) is 6.07 Å². The van der Waals surface area contributed by atoms with E-state index in [0.717, 1.165) is 11.3 Å². The maximum Gasteiger partial charge on any atom is 0.0637 e. The number of para-hydroxylation sites is 1. The highest BCUT2D eigenvalue weighted by molar-refractivity contribution is 6.34. The van der Waals surface area contributed by atoms with Crippen molar-refractivity contribution >= 4 is 28.9 Å². The van der Waals surface area contributed by atoms with E-state index >= 15 is 0 Å². The highest BCUT2D eigenvalue weighted by Crippen LogP contribution is 2.25. The maximum absolute atomic E-state index is 6.00. The van der Waals surface area contributed by atoms with E-state index in [4.69, 9.17) is 28.9 Å². The molecule has 0 bridgehead atoms. The van der Waals surface area contributed by atoms with Crippen LogP contribution in [-0.4, -0.2) is 6.54 Å². The molecule has 0 saturated heterocycles. The molecule has 0 aliphatic carbocycles. The molecule has 0 aromatic heterocycles. The Labute approximate surface area is 117 Å². The molecule has 0 amide bonds. The van der Waals surface area contributed by atoms with Crippen LogP contribution in [0.25, 0.3) is 0 Å². The molecule has 0 heterocycles. The van der Waals surface area contributed by atoms with Gasteiger partial charge in [0.25, 0.3) is 0 Å². The normalized spacial score (nSPS) is 12.2. The largest absolute Gasteiger partial charge is 0.377 e. The van der Waals surface area contributed by atoms with Crippen molar-refractivity contribution in [1.82, 2.24) is 0 Å². The molecule has 2 aromatic carbocycles. The summed E-state index contributed by atoms with van der Waals surface area (Å²) in [6.07, 6.45) is 0. The van der Waals surface area contributed by atoms with E-state index in [1.165, 1.54) is 0 Å². The summed E-state index contributed by atoms with van der Waals surface area (Å²) in [5, 5.41) is 4.59. The Morgan fingerprint density at radius 2 is 1.61 bits per heavy atom. The van der Waals surface area contributed by atoms with Gasteiger partial charge in [-0.05, 0) is 35.9 Å². The topological polar surface area (TPSA) is 38.0 Å². The average Bonchev–Trinajstić information content (AvgIpc) is 2.36. The van der Waals surface area contributed by atoms with Gasteiger partial charge in [0.15, 0.2) is 0 Å². The molecule has 1 atom stereocenters. The molecular formula is C14H14Cl2N2. The lowest BCUT2D eigenvalue weighted by Gasteiger charge is -2.19. The number of nitrogens with two attached hydrogens (primary N) is 1. The van der Waals surface area contributed by atoms with E-state index in [-0.39, 0.29) is 6.04 Å². The van der Waals surface area contributed by atoms with E-state index in [1.807, 2.05) is 42.5 Å². The molecule has 4 heteroatoms. The van der Waals surface area contributed by atoms with Crippen LogP contribution in [0.5, 0.6) is 0 Å². The third-order valence-electron chi connectivity index (χ3n) is 2.64. The Morgan fingerprint density at radius 1 is 1.00 bits per heavy atom. The first-order chi connectivity index (χ1) is 8.69. The summed E-state index contributed by atoms with van der Waals surface area (Å²) in [7, 11) is 0. The first kappa shape index (κ1) is 13.2. The van der Waals surface area contributed by atoms with Crippen LogP contribution in [0.4, 0.5) is 5.69 Å². The van der Waals surface area contributed by atoms with Gasteiger partial charge >= 0.3 is 0 Å². The van der Waals surface area contributed by atoms with E-state index < -0.39 is 0 Å². The smallest absolute Gasteiger partial charge is 0.0637 e. The van der Waals surface area contributed by atoms with Gasteiger partial charge in [-0.15, -0.1) is 0 Å². The second-order valence-corrected chi connectivity index (χ2v) is 4.87. The summed E-state index contributed by atoms with van der Waals surface area (Å²) in [6, 6.07) is 15.4. The maximum atomic E-state index is 6.00. The molecular weight excluding hydrogens is 267 g/mol. The summed E-state index contributed by atoms with van der Waals surface area (Å²) in [6.45, 7) is 0.464. The number of rotatable bonds is 4. The zero-order valence-corrected chi connectivity index (χ0v) is 11.2. The lowest BCUT2D eigenvalue weighted by molar-refractivity contribution is 0.790. The van der Waals surface area contributed by atoms with Crippen molar-refractivity contribution in [2.24, 2.45) is 5.73 Å². The van der Waals surface area contributed by atoms with Crippen molar-refractivity contribution in [3.05, 3.63) is 64.1 Å². The lowest BCUT2D eigenvalue weighted by Crippen LogP contribution is -2.20. The molecule has 0 aliphatic heterocycles. The molecule has 94 valence electrons. The van der Waals surface area contributed by atoms with Gasteiger partial charge in [0.1, 0.15) is 0 Å². The van der Waals surface area contributed by atoms with Gasteiger partial charge in [-0.3, -0.25) is 0 Å². The average molecular weight is 281 g/mol. The molecule has 2 nitrogen and oxygen atoms in total. The van der Waals surface area contributed by atoms with Gasteiger partial charge in [0, 0.05) is 22.3 Å². The molecule has 0 aliphatic rings.